The summed E-state index contributed by atoms with van der Waals surface area (Å²) in [6.07, 6.45) is 1.12. The predicted octanol–water partition coefficient (Wildman–Crippen LogP) is 2.59. The van der Waals surface area contributed by atoms with Crippen LogP contribution in [-0.4, -0.2) is 37.1 Å². The first-order valence-corrected chi connectivity index (χ1v) is 8.57. The highest BCUT2D eigenvalue weighted by Gasteiger charge is 2.20. The van der Waals surface area contributed by atoms with Gasteiger partial charge in [-0.15, -0.1) is 0 Å². The van der Waals surface area contributed by atoms with Crippen LogP contribution in [0.25, 0.3) is 0 Å². The smallest absolute Gasteiger partial charge is 0.335 e. The van der Waals surface area contributed by atoms with Gasteiger partial charge in [0.15, 0.2) is 11.5 Å². The minimum Gasteiger partial charge on any atom is -0.493 e. The van der Waals surface area contributed by atoms with Crippen LogP contribution in [0.5, 0.6) is 11.5 Å². The highest BCUT2D eigenvalue weighted by atomic mass is 32.2. The van der Waals surface area contributed by atoms with Crippen LogP contribution < -0.4 is 20.5 Å². The Morgan fingerprint density at radius 2 is 1.85 bits per heavy atom. The Bertz CT molecular complexity index is 747. The van der Waals surface area contributed by atoms with E-state index in [1.807, 2.05) is 12.1 Å². The molecule has 3 rings (SSSR count). The van der Waals surface area contributed by atoms with Gasteiger partial charge in [0.05, 0.1) is 25.5 Å². The lowest BCUT2D eigenvalue weighted by atomic mass is 10.1. The summed E-state index contributed by atoms with van der Waals surface area (Å²) in [4.78, 5) is 21.6. The number of thioether (sulfide) groups is 1. The van der Waals surface area contributed by atoms with Crippen molar-refractivity contribution in [2.24, 2.45) is 5.73 Å². The Hall–Kier alpha value is -2.71. The molecule has 0 aliphatic carbocycles. The van der Waals surface area contributed by atoms with Gasteiger partial charge in [-0.3, -0.25) is 0 Å². The fourth-order valence-corrected chi connectivity index (χ4v) is 3.15. The first kappa shape index (κ1) is 19.6. The number of carbonyl (C=O) groups is 2. The molecule has 138 valence electrons. The molecule has 0 amide bonds. The number of nitrogens with two attached hydrogens (primary N) is 1. The van der Waals surface area contributed by atoms with Crippen molar-refractivity contribution in [3.05, 3.63) is 47.5 Å². The number of aromatic carboxylic acids is 1. The van der Waals surface area contributed by atoms with Crippen molar-refractivity contribution in [3.8, 4) is 11.5 Å². The monoisotopic (exact) mass is 376 g/mol. The number of rotatable bonds is 5. The quantitative estimate of drug-likeness (QED) is 0.683. The molecule has 4 N–H and O–H groups in total. The van der Waals surface area contributed by atoms with Crippen LogP contribution in [0.4, 0.5) is 5.69 Å². The topological polar surface area (TPSA) is 111 Å². The largest absolute Gasteiger partial charge is 0.493 e. The summed E-state index contributed by atoms with van der Waals surface area (Å²) in [7, 11) is 3.24. The van der Waals surface area contributed by atoms with Crippen molar-refractivity contribution in [2.75, 3.05) is 19.5 Å². The van der Waals surface area contributed by atoms with Gasteiger partial charge in [-0.25, -0.2) is 4.79 Å². The number of fused-ring (bicyclic) bond motifs is 1. The molecular formula is C18H20N2O5S. The number of aldehydes is 1. The average Bonchev–Trinajstić information content (AvgIpc) is 3.00. The second kappa shape index (κ2) is 9.12. The zero-order valence-corrected chi connectivity index (χ0v) is 15.2. The van der Waals surface area contributed by atoms with Crippen LogP contribution in [0.3, 0.4) is 0 Å². The maximum absolute atomic E-state index is 10.4. The number of benzene rings is 2. The molecule has 0 radical (unpaired) electrons. The maximum atomic E-state index is 10.4. The lowest BCUT2D eigenvalue weighted by molar-refractivity contribution is -0.107. The van der Waals surface area contributed by atoms with E-state index in [4.69, 9.17) is 20.3 Å². The van der Waals surface area contributed by atoms with Crippen LogP contribution in [-0.2, 0) is 11.2 Å². The number of hydrogen-bond donors (Lipinski definition) is 3. The lowest BCUT2D eigenvalue weighted by Crippen LogP contribution is -2.20. The first-order valence-electron chi connectivity index (χ1n) is 7.69. The predicted molar refractivity (Wildman–Crippen MR) is 100 cm³/mol. The highest BCUT2D eigenvalue weighted by molar-refractivity contribution is 8.00. The second-order valence-corrected chi connectivity index (χ2v) is 6.44. The average molecular weight is 376 g/mol. The van der Waals surface area contributed by atoms with Gasteiger partial charge in [0, 0.05) is 17.4 Å². The zero-order valence-electron chi connectivity index (χ0n) is 14.4. The molecule has 1 unspecified atom stereocenters. The third-order valence-corrected chi connectivity index (χ3v) is 4.52. The third-order valence-electron chi connectivity index (χ3n) is 3.56. The minimum atomic E-state index is -0.951. The molecule has 0 saturated carbocycles. The number of methoxy groups -OCH3 is 2. The van der Waals surface area contributed by atoms with E-state index in [1.54, 1.807) is 38.1 Å². The number of hydrogen-bond acceptors (Lipinski definition) is 7. The molecule has 1 aliphatic rings. The summed E-state index contributed by atoms with van der Waals surface area (Å²) in [5.41, 5.74) is 7.73. The molecule has 1 aliphatic heterocycles. The Morgan fingerprint density at radius 3 is 2.38 bits per heavy atom. The van der Waals surface area contributed by atoms with E-state index < -0.39 is 5.97 Å². The Kier molecular flexibility index (Phi) is 6.88. The minimum absolute atomic E-state index is 0.0817. The van der Waals surface area contributed by atoms with Gasteiger partial charge in [-0.1, -0.05) is 23.9 Å². The Labute approximate surface area is 155 Å². The molecule has 2 aromatic carbocycles. The second-order valence-electron chi connectivity index (χ2n) is 5.26. The van der Waals surface area contributed by atoms with Crippen LogP contribution in [0, 0.1) is 0 Å². The van der Waals surface area contributed by atoms with Gasteiger partial charge in [-0.05, 0) is 23.8 Å². The van der Waals surface area contributed by atoms with E-state index in [9.17, 15) is 9.59 Å². The van der Waals surface area contributed by atoms with Crippen LogP contribution in [0.2, 0.25) is 0 Å². The van der Waals surface area contributed by atoms with E-state index >= 15 is 0 Å². The summed E-state index contributed by atoms with van der Waals surface area (Å²) in [6, 6.07) is 10.1. The SMILES string of the molecule is COc1cc2c(cc1OC)SC(N)N2.O=CCc1ccc(C(=O)O)cc1. The fourth-order valence-electron chi connectivity index (χ4n) is 2.27. The molecule has 0 saturated heterocycles. The molecule has 1 atom stereocenters. The molecule has 2 aromatic rings. The summed E-state index contributed by atoms with van der Waals surface area (Å²) in [5, 5.41) is 11.7. The number of ether oxygens (including phenoxy) is 2. The van der Waals surface area contributed by atoms with Crippen molar-refractivity contribution in [2.45, 2.75) is 16.8 Å². The molecule has 0 fully saturated rings. The van der Waals surface area contributed by atoms with Crippen molar-refractivity contribution in [1.29, 1.82) is 0 Å². The molecule has 26 heavy (non-hydrogen) atoms. The molecular weight excluding hydrogens is 356 g/mol. The number of nitrogens with one attached hydrogen (secondary N) is 1. The van der Waals surface area contributed by atoms with Gasteiger partial charge >= 0.3 is 5.97 Å². The van der Waals surface area contributed by atoms with Gasteiger partial charge in [0.1, 0.15) is 11.8 Å². The van der Waals surface area contributed by atoms with E-state index in [2.05, 4.69) is 5.32 Å². The van der Waals surface area contributed by atoms with Crippen molar-refractivity contribution in [1.82, 2.24) is 0 Å². The van der Waals surface area contributed by atoms with Crippen molar-refractivity contribution in [3.63, 3.8) is 0 Å². The van der Waals surface area contributed by atoms with Gasteiger partial charge in [0.2, 0.25) is 0 Å². The number of anilines is 1. The molecule has 0 bridgehead atoms. The van der Waals surface area contributed by atoms with Crippen LogP contribution >= 0.6 is 11.8 Å². The number of carboxylic acids is 1. The molecule has 8 heteroatoms. The van der Waals surface area contributed by atoms with Gasteiger partial charge in [0.25, 0.3) is 0 Å². The van der Waals surface area contributed by atoms with Gasteiger partial charge in [-0.2, -0.15) is 0 Å². The highest BCUT2D eigenvalue weighted by Crippen LogP contribution is 2.43. The molecule has 0 spiro atoms. The van der Waals surface area contributed by atoms with Crippen molar-refractivity contribution < 1.29 is 24.2 Å². The first-order chi connectivity index (χ1) is 12.5. The maximum Gasteiger partial charge on any atom is 0.335 e. The summed E-state index contributed by atoms with van der Waals surface area (Å²) >= 11 is 1.57. The molecule has 7 nitrogen and oxygen atoms in total. The van der Waals surface area contributed by atoms with Gasteiger partial charge < -0.3 is 30.4 Å². The van der Waals surface area contributed by atoms with Crippen molar-refractivity contribution >= 4 is 29.7 Å². The van der Waals surface area contributed by atoms with E-state index in [0.717, 1.165) is 28.2 Å². The Balaban J connectivity index is 0.000000190. The van der Waals surface area contributed by atoms with E-state index in [1.165, 1.54) is 12.1 Å². The number of carboxylic acid groups (broad SMARTS) is 1. The Morgan fingerprint density at radius 1 is 1.23 bits per heavy atom. The van der Waals surface area contributed by atoms with E-state index in [0.29, 0.717) is 12.2 Å². The standard InChI is InChI=1S/C9H12N2O2S.C9H8O3/c1-12-6-3-5-8(4-7(6)13-2)14-9(10)11-5;10-6-5-7-1-3-8(4-2-7)9(11)12/h3-4,9,11H,10H2,1-2H3;1-4,6H,5H2,(H,11,12). The fraction of sp³-hybridized carbons (Fsp3) is 0.222. The summed E-state index contributed by atoms with van der Waals surface area (Å²) in [5.74, 6) is 0.496. The summed E-state index contributed by atoms with van der Waals surface area (Å²) < 4.78 is 10.4. The zero-order chi connectivity index (χ0) is 19.1. The normalized spacial score (nSPS) is 14.3. The number of carbonyl (C=O) groups excluding carboxylic acids is 1. The summed E-state index contributed by atoms with van der Waals surface area (Å²) in [6.45, 7) is 0. The van der Waals surface area contributed by atoms with E-state index in [-0.39, 0.29) is 11.1 Å². The molecule has 0 aromatic heterocycles. The molecule has 1 heterocycles. The third kappa shape index (κ3) is 4.90. The van der Waals surface area contributed by atoms with Crippen LogP contribution in [0.1, 0.15) is 15.9 Å². The van der Waals surface area contributed by atoms with Crippen LogP contribution in [0.15, 0.2) is 41.3 Å². The lowest BCUT2D eigenvalue weighted by Gasteiger charge is -2.09.